The summed E-state index contributed by atoms with van der Waals surface area (Å²) >= 11 is 0. The van der Waals surface area contributed by atoms with Gasteiger partial charge in [0.1, 0.15) is 0 Å². The molecular weight excluding hydrogens is 386 g/mol. The Hall–Kier alpha value is -3.47. The predicted octanol–water partition coefficient (Wildman–Crippen LogP) is 4.14. The third-order valence-corrected chi connectivity index (χ3v) is 7.18. The Morgan fingerprint density at radius 1 is 0.968 bits per heavy atom. The minimum absolute atomic E-state index is 0.147. The van der Waals surface area contributed by atoms with Gasteiger partial charge in [0.15, 0.2) is 0 Å². The summed E-state index contributed by atoms with van der Waals surface area (Å²) in [5, 5.41) is 6.57. The molecule has 1 aromatic heterocycles. The first-order valence-electron chi connectivity index (χ1n) is 10.8. The molecule has 3 aliphatic rings. The molecule has 2 bridgehead atoms. The number of hydrogen-bond donors (Lipinski definition) is 0. The molecule has 2 heterocycles. The average Bonchev–Trinajstić information content (AvgIpc) is 3.53. The maximum Gasteiger partial charge on any atom is 0.254 e. The highest BCUT2D eigenvalue weighted by atomic mass is 16.2. The fraction of sp³-hybridized carbons (Fsp3) is 0.269. The van der Waals surface area contributed by atoms with Gasteiger partial charge in [-0.05, 0) is 42.4 Å². The first-order valence-corrected chi connectivity index (χ1v) is 10.8. The Labute approximate surface area is 180 Å². The Morgan fingerprint density at radius 3 is 2.39 bits per heavy atom. The van der Waals surface area contributed by atoms with Crippen LogP contribution in [0, 0.1) is 30.6 Å². The quantitative estimate of drug-likeness (QED) is 0.369. The number of aryl methyl sites for hydroxylation is 1. The number of benzene rings is 2. The second-order valence-corrected chi connectivity index (χ2v) is 8.89. The molecule has 0 spiro atoms. The molecule has 1 saturated heterocycles. The van der Waals surface area contributed by atoms with E-state index in [-0.39, 0.29) is 35.5 Å². The van der Waals surface area contributed by atoms with E-state index in [1.54, 1.807) is 6.21 Å². The zero-order valence-electron chi connectivity index (χ0n) is 17.3. The van der Waals surface area contributed by atoms with E-state index in [9.17, 15) is 9.59 Å². The van der Waals surface area contributed by atoms with E-state index in [2.05, 4.69) is 65.3 Å². The van der Waals surface area contributed by atoms with Crippen LogP contribution in [0.25, 0.3) is 10.9 Å². The van der Waals surface area contributed by atoms with Crippen molar-refractivity contribution in [3.63, 3.8) is 0 Å². The summed E-state index contributed by atoms with van der Waals surface area (Å²) < 4.78 is 2.20. The van der Waals surface area contributed by atoms with Crippen molar-refractivity contribution in [1.29, 1.82) is 0 Å². The number of nitrogens with zero attached hydrogens (tertiary/aromatic N) is 3. The predicted molar refractivity (Wildman–Crippen MR) is 119 cm³/mol. The van der Waals surface area contributed by atoms with Crippen molar-refractivity contribution in [2.45, 2.75) is 19.9 Å². The lowest BCUT2D eigenvalue weighted by molar-refractivity contribution is -0.140. The van der Waals surface area contributed by atoms with Gasteiger partial charge in [-0.25, -0.2) is 0 Å². The molecule has 2 aromatic carbocycles. The van der Waals surface area contributed by atoms with E-state index in [4.69, 9.17) is 0 Å². The standard InChI is InChI=1S/C26H23N3O2/c1-16-6-2-3-7-19(16)14-28-15-20(21-8-4-5-9-22(21)28)13-27-29-25(30)23-17-10-11-18(12-17)24(23)26(29)31/h2-11,13,15,17-18,23-24H,12,14H2,1H3/b27-13-/t17-,18-,23-,24+/m0/s1. The lowest BCUT2D eigenvalue weighted by atomic mass is 9.85. The van der Waals surface area contributed by atoms with Gasteiger partial charge >= 0.3 is 0 Å². The number of para-hydroxylation sites is 1. The van der Waals surface area contributed by atoms with Gasteiger partial charge in [-0.1, -0.05) is 54.6 Å². The van der Waals surface area contributed by atoms with Gasteiger partial charge in [-0.15, -0.1) is 0 Å². The maximum absolute atomic E-state index is 12.9. The van der Waals surface area contributed by atoms with Gasteiger partial charge in [-0.3, -0.25) is 9.59 Å². The first-order chi connectivity index (χ1) is 15.1. The molecule has 5 heteroatoms. The molecule has 5 nitrogen and oxygen atoms in total. The number of imide groups is 1. The number of carbonyl (C=O) groups is 2. The molecule has 31 heavy (non-hydrogen) atoms. The molecule has 0 unspecified atom stereocenters. The van der Waals surface area contributed by atoms with Crippen LogP contribution in [0.3, 0.4) is 0 Å². The highest BCUT2D eigenvalue weighted by molar-refractivity contribution is 6.07. The van der Waals surface area contributed by atoms with Crippen molar-refractivity contribution >= 4 is 28.9 Å². The van der Waals surface area contributed by atoms with E-state index >= 15 is 0 Å². The monoisotopic (exact) mass is 409 g/mol. The number of fused-ring (bicyclic) bond motifs is 6. The summed E-state index contributed by atoms with van der Waals surface area (Å²) in [6.07, 6.45) is 8.85. The van der Waals surface area contributed by atoms with Crippen LogP contribution in [-0.4, -0.2) is 27.6 Å². The highest BCUT2D eigenvalue weighted by Crippen LogP contribution is 2.52. The summed E-state index contributed by atoms with van der Waals surface area (Å²) in [4.78, 5) is 25.8. The van der Waals surface area contributed by atoms with Crippen LogP contribution in [0.5, 0.6) is 0 Å². The minimum Gasteiger partial charge on any atom is -0.342 e. The number of carbonyl (C=O) groups excluding carboxylic acids is 2. The van der Waals surface area contributed by atoms with Crippen molar-refractivity contribution in [3.8, 4) is 0 Å². The van der Waals surface area contributed by atoms with Gasteiger partial charge in [0.05, 0.1) is 18.1 Å². The fourth-order valence-electron chi connectivity index (χ4n) is 5.60. The van der Waals surface area contributed by atoms with Crippen LogP contribution in [0.1, 0.15) is 23.1 Å². The zero-order chi connectivity index (χ0) is 21.1. The molecule has 6 rings (SSSR count). The molecule has 1 aliphatic heterocycles. The van der Waals surface area contributed by atoms with Crippen LogP contribution in [0.15, 0.2) is 72.0 Å². The van der Waals surface area contributed by atoms with Crippen molar-refractivity contribution in [3.05, 3.63) is 83.6 Å². The van der Waals surface area contributed by atoms with Crippen molar-refractivity contribution in [1.82, 2.24) is 9.58 Å². The molecule has 2 amide bonds. The summed E-state index contributed by atoms with van der Waals surface area (Å²) in [6, 6.07) is 16.5. The largest absolute Gasteiger partial charge is 0.342 e. The second-order valence-electron chi connectivity index (χ2n) is 8.89. The van der Waals surface area contributed by atoms with Crippen LogP contribution < -0.4 is 0 Å². The first kappa shape index (κ1) is 18.3. The Balaban J connectivity index is 1.33. The normalized spacial score (nSPS) is 26.7. The number of hydrogen-bond acceptors (Lipinski definition) is 3. The summed E-state index contributed by atoms with van der Waals surface area (Å²) in [5.74, 6) is -0.340. The van der Waals surface area contributed by atoms with E-state index in [0.717, 1.165) is 34.4 Å². The van der Waals surface area contributed by atoms with Gasteiger partial charge in [0.25, 0.3) is 11.8 Å². The molecule has 3 aromatic rings. The lowest BCUT2D eigenvalue weighted by Gasteiger charge is -2.13. The molecule has 0 N–H and O–H groups in total. The van der Waals surface area contributed by atoms with Gasteiger partial charge in [-0.2, -0.15) is 10.1 Å². The number of rotatable bonds is 4. The SMILES string of the molecule is Cc1ccccc1Cn1cc(/C=N\N2C(=O)[C@@H]3[C@H](C2=O)[C@H]2C=C[C@H]3C2)c2ccccc21. The number of aromatic nitrogens is 1. The van der Waals surface area contributed by atoms with E-state index in [1.807, 2.05) is 18.2 Å². The van der Waals surface area contributed by atoms with Crippen LogP contribution in [0.4, 0.5) is 0 Å². The molecular formula is C26H23N3O2. The molecule has 154 valence electrons. The topological polar surface area (TPSA) is 54.7 Å². The smallest absolute Gasteiger partial charge is 0.254 e. The highest BCUT2D eigenvalue weighted by Gasteiger charge is 2.59. The summed E-state index contributed by atoms with van der Waals surface area (Å²) in [7, 11) is 0. The molecule has 2 fully saturated rings. The fourth-order valence-corrected chi connectivity index (χ4v) is 5.60. The van der Waals surface area contributed by atoms with Crippen molar-refractivity contribution in [2.75, 3.05) is 0 Å². The zero-order valence-corrected chi connectivity index (χ0v) is 17.3. The van der Waals surface area contributed by atoms with Crippen LogP contribution in [-0.2, 0) is 16.1 Å². The van der Waals surface area contributed by atoms with E-state index in [0.29, 0.717) is 0 Å². The van der Waals surface area contributed by atoms with Gasteiger partial charge in [0.2, 0.25) is 0 Å². The second kappa shape index (κ2) is 6.77. The summed E-state index contributed by atoms with van der Waals surface area (Å²) in [5.41, 5.74) is 4.51. The van der Waals surface area contributed by atoms with E-state index < -0.39 is 0 Å². The lowest BCUT2D eigenvalue weighted by Crippen LogP contribution is -2.28. The molecule has 2 aliphatic carbocycles. The van der Waals surface area contributed by atoms with Crippen molar-refractivity contribution < 1.29 is 9.59 Å². The average molecular weight is 409 g/mol. The Morgan fingerprint density at radius 2 is 1.65 bits per heavy atom. The van der Waals surface area contributed by atoms with Crippen LogP contribution >= 0.6 is 0 Å². The van der Waals surface area contributed by atoms with Gasteiger partial charge in [0, 0.05) is 29.2 Å². The maximum atomic E-state index is 12.9. The number of amides is 2. The number of hydrazone groups is 1. The Bertz CT molecular complexity index is 1250. The molecule has 4 atom stereocenters. The third-order valence-electron chi connectivity index (χ3n) is 7.18. The van der Waals surface area contributed by atoms with Gasteiger partial charge < -0.3 is 4.57 Å². The molecule has 0 radical (unpaired) electrons. The minimum atomic E-state index is -0.220. The number of allylic oxidation sites excluding steroid dienone is 2. The Kier molecular flexibility index (Phi) is 4.00. The van der Waals surface area contributed by atoms with E-state index in [1.165, 1.54) is 11.1 Å². The van der Waals surface area contributed by atoms with Crippen LogP contribution in [0.2, 0.25) is 0 Å². The third kappa shape index (κ3) is 2.73. The summed E-state index contributed by atoms with van der Waals surface area (Å²) in [6.45, 7) is 2.87. The van der Waals surface area contributed by atoms with Crippen molar-refractivity contribution in [2.24, 2.45) is 28.8 Å². The molecule has 1 saturated carbocycles.